The van der Waals surface area contributed by atoms with Crippen LogP contribution in [0.3, 0.4) is 0 Å². The summed E-state index contributed by atoms with van der Waals surface area (Å²) in [7, 11) is 1.48. The predicted molar refractivity (Wildman–Crippen MR) is 95.5 cm³/mol. The molecule has 1 saturated heterocycles. The molecule has 1 amide bonds. The molecule has 1 aliphatic heterocycles. The van der Waals surface area contributed by atoms with Gasteiger partial charge in [-0.05, 0) is 49.8 Å². The van der Waals surface area contributed by atoms with Crippen molar-refractivity contribution in [2.24, 2.45) is 5.92 Å². The molecule has 1 atom stereocenters. The Kier molecular flexibility index (Phi) is 6.33. The van der Waals surface area contributed by atoms with Crippen molar-refractivity contribution in [2.75, 3.05) is 20.1 Å². The lowest BCUT2D eigenvalue weighted by molar-refractivity contribution is -0.138. The van der Waals surface area contributed by atoms with Crippen molar-refractivity contribution in [3.63, 3.8) is 0 Å². The van der Waals surface area contributed by atoms with Crippen molar-refractivity contribution in [1.29, 1.82) is 0 Å². The Hall–Kier alpha value is -2.42. The van der Waals surface area contributed by atoms with Crippen LogP contribution in [0.25, 0.3) is 0 Å². The summed E-state index contributed by atoms with van der Waals surface area (Å²) < 4.78 is 44.4. The van der Waals surface area contributed by atoms with Crippen LogP contribution in [0.1, 0.15) is 46.9 Å². The number of nitrogens with zero attached hydrogens (tertiary/aromatic N) is 3. The third-order valence-corrected chi connectivity index (χ3v) is 5.00. The molecule has 6 nitrogen and oxygen atoms in total. The molecule has 1 aromatic heterocycles. The Balaban J connectivity index is 1.56. The zero-order chi connectivity index (χ0) is 20.1. The fourth-order valence-electron chi connectivity index (χ4n) is 3.62. The highest BCUT2D eigenvalue weighted by Crippen LogP contribution is 2.33. The van der Waals surface area contributed by atoms with Crippen molar-refractivity contribution in [2.45, 2.75) is 38.4 Å². The highest BCUT2D eigenvalue weighted by atomic mass is 19.4. The lowest BCUT2D eigenvalue weighted by Gasteiger charge is -2.32. The number of hydrogen-bond donors (Lipinski definition) is 1. The van der Waals surface area contributed by atoms with E-state index in [0.29, 0.717) is 36.7 Å². The predicted octanol–water partition coefficient (Wildman–Crippen LogP) is 3.29. The van der Waals surface area contributed by atoms with E-state index >= 15 is 0 Å². The van der Waals surface area contributed by atoms with E-state index in [9.17, 15) is 18.0 Å². The highest BCUT2D eigenvalue weighted by molar-refractivity contribution is 5.89. The first-order valence-corrected chi connectivity index (χ1v) is 9.29. The molecule has 1 fully saturated rings. The molecule has 0 aliphatic carbocycles. The van der Waals surface area contributed by atoms with Gasteiger partial charge < -0.3 is 9.84 Å². The number of carbonyl (C=O) groups is 1. The third-order valence-electron chi connectivity index (χ3n) is 5.00. The maximum Gasteiger partial charge on any atom is 0.416 e. The van der Waals surface area contributed by atoms with E-state index in [1.54, 1.807) is 12.1 Å². The van der Waals surface area contributed by atoms with Crippen LogP contribution < -0.4 is 5.32 Å². The molecule has 0 radical (unpaired) electrons. The van der Waals surface area contributed by atoms with Crippen LogP contribution in [0.5, 0.6) is 0 Å². The number of aromatic nitrogens is 2. The third kappa shape index (κ3) is 5.09. The lowest BCUT2D eigenvalue weighted by Crippen LogP contribution is -2.35. The second-order valence-electron chi connectivity index (χ2n) is 7.03. The van der Waals surface area contributed by atoms with Gasteiger partial charge in [0.15, 0.2) is 5.82 Å². The van der Waals surface area contributed by atoms with Gasteiger partial charge in [-0.15, -0.1) is 0 Å². The molecule has 1 aliphatic rings. The summed E-state index contributed by atoms with van der Waals surface area (Å²) in [5.41, 5.74) is -0.197. The van der Waals surface area contributed by atoms with Crippen LogP contribution in [0.2, 0.25) is 0 Å². The van der Waals surface area contributed by atoms with E-state index < -0.39 is 17.6 Å². The van der Waals surface area contributed by atoms with Gasteiger partial charge in [-0.2, -0.15) is 18.2 Å². The molecule has 0 spiro atoms. The van der Waals surface area contributed by atoms with E-state index in [4.69, 9.17) is 4.52 Å². The molecule has 2 aromatic rings. The summed E-state index contributed by atoms with van der Waals surface area (Å²) in [5, 5.41) is 6.25. The molecule has 1 aromatic carbocycles. The second kappa shape index (κ2) is 8.72. The smallest absolute Gasteiger partial charge is 0.351 e. The van der Waals surface area contributed by atoms with Gasteiger partial charge in [0.2, 0.25) is 0 Å². The minimum absolute atomic E-state index is 0.0742. The Morgan fingerprint density at radius 3 is 2.89 bits per heavy atom. The van der Waals surface area contributed by atoms with Gasteiger partial charge in [-0.3, -0.25) is 9.69 Å². The van der Waals surface area contributed by atoms with Crippen molar-refractivity contribution >= 4 is 5.91 Å². The monoisotopic (exact) mass is 396 g/mol. The van der Waals surface area contributed by atoms with Gasteiger partial charge in [0, 0.05) is 13.6 Å². The fourth-order valence-corrected chi connectivity index (χ4v) is 3.62. The number of likely N-dealkylation sites (tertiary alicyclic amines) is 1. The maximum absolute atomic E-state index is 13.1. The number of carbonyl (C=O) groups excluding carboxylic acids is 1. The van der Waals surface area contributed by atoms with Crippen molar-refractivity contribution < 1.29 is 22.5 Å². The van der Waals surface area contributed by atoms with Crippen LogP contribution in [-0.4, -0.2) is 41.1 Å². The summed E-state index contributed by atoms with van der Waals surface area (Å²) in [6, 6.07) is 5.77. The molecular weight excluding hydrogens is 373 g/mol. The van der Waals surface area contributed by atoms with Gasteiger partial charge in [0.25, 0.3) is 0 Å². The van der Waals surface area contributed by atoms with Crippen LogP contribution in [-0.2, 0) is 19.1 Å². The molecule has 1 N–H and O–H groups in total. The van der Waals surface area contributed by atoms with Gasteiger partial charge >= 0.3 is 18.0 Å². The van der Waals surface area contributed by atoms with Gasteiger partial charge in [0.05, 0.1) is 12.1 Å². The second-order valence-corrected chi connectivity index (χ2v) is 7.03. The van der Waals surface area contributed by atoms with Crippen molar-refractivity contribution in [3.05, 3.63) is 47.1 Å². The molecular formula is C19H23F3N4O2. The number of alkyl halides is 3. The Labute approximate surface area is 161 Å². The number of aryl methyl sites for hydroxylation is 1. The summed E-state index contributed by atoms with van der Waals surface area (Å²) in [6.07, 6.45) is -1.28. The van der Waals surface area contributed by atoms with Crippen LogP contribution in [0.4, 0.5) is 13.2 Å². The minimum atomic E-state index is -4.32. The Morgan fingerprint density at radius 1 is 1.36 bits per heavy atom. The molecule has 152 valence electrons. The first kappa shape index (κ1) is 20.3. The van der Waals surface area contributed by atoms with E-state index in [0.717, 1.165) is 32.0 Å². The molecule has 0 saturated carbocycles. The maximum atomic E-state index is 13.1. The minimum Gasteiger partial charge on any atom is -0.351 e. The normalized spacial score (nSPS) is 18.2. The van der Waals surface area contributed by atoms with Crippen LogP contribution in [0.15, 0.2) is 28.8 Å². The average molecular weight is 396 g/mol. The van der Waals surface area contributed by atoms with E-state index in [2.05, 4.69) is 20.4 Å². The summed E-state index contributed by atoms with van der Waals surface area (Å²) >= 11 is 0. The number of nitrogens with one attached hydrogen (secondary N) is 1. The Morgan fingerprint density at radius 2 is 2.14 bits per heavy atom. The number of hydrogen-bond acceptors (Lipinski definition) is 5. The van der Waals surface area contributed by atoms with Crippen molar-refractivity contribution in [3.8, 4) is 0 Å². The lowest BCUT2D eigenvalue weighted by atomic mass is 9.90. The molecule has 0 bridgehead atoms. The number of piperidine rings is 1. The van der Waals surface area contributed by atoms with E-state index in [-0.39, 0.29) is 5.89 Å². The average Bonchev–Trinajstić information content (AvgIpc) is 3.14. The number of halogens is 3. The first-order chi connectivity index (χ1) is 13.4. The van der Waals surface area contributed by atoms with Crippen LogP contribution >= 0.6 is 0 Å². The van der Waals surface area contributed by atoms with E-state index in [1.165, 1.54) is 13.1 Å². The molecule has 3 rings (SSSR count). The number of rotatable bonds is 6. The van der Waals surface area contributed by atoms with E-state index in [1.807, 2.05) is 0 Å². The number of amides is 1. The fraction of sp³-hybridized carbons (Fsp3) is 0.526. The van der Waals surface area contributed by atoms with Crippen molar-refractivity contribution in [1.82, 2.24) is 20.4 Å². The molecule has 9 heteroatoms. The largest absolute Gasteiger partial charge is 0.416 e. The first-order valence-electron chi connectivity index (χ1n) is 9.29. The zero-order valence-electron chi connectivity index (χ0n) is 15.6. The summed E-state index contributed by atoms with van der Waals surface area (Å²) in [6.45, 7) is 2.08. The Bertz CT molecular complexity index is 806. The number of benzene rings is 1. The molecule has 28 heavy (non-hydrogen) atoms. The zero-order valence-corrected chi connectivity index (χ0v) is 15.6. The van der Waals surface area contributed by atoms with Gasteiger partial charge in [-0.25, -0.2) is 0 Å². The quantitative estimate of drug-likeness (QED) is 0.811. The molecule has 2 heterocycles. The molecule has 1 unspecified atom stereocenters. The topological polar surface area (TPSA) is 71.3 Å². The van der Waals surface area contributed by atoms with Gasteiger partial charge in [-0.1, -0.05) is 23.4 Å². The standard InChI is InChI=1S/C19H23F3N4O2/c1-23-17(27)18-24-16(25-28-18)12-26-10-4-5-13(11-26)8-9-14-6-2-3-7-15(14)19(20,21)22/h2-3,6-7,13H,4-5,8-12H2,1H3,(H,23,27). The highest BCUT2D eigenvalue weighted by Gasteiger charge is 2.33. The van der Waals surface area contributed by atoms with Gasteiger partial charge in [0.1, 0.15) is 0 Å². The summed E-state index contributed by atoms with van der Waals surface area (Å²) in [4.78, 5) is 17.7. The SMILES string of the molecule is CNC(=O)c1nc(CN2CCCC(CCc3ccccc3C(F)(F)F)C2)no1. The van der Waals surface area contributed by atoms with Crippen LogP contribution in [0, 0.1) is 5.92 Å². The summed E-state index contributed by atoms with van der Waals surface area (Å²) in [5.74, 6) is 0.232.